The van der Waals surface area contributed by atoms with Crippen molar-refractivity contribution in [1.82, 2.24) is 0 Å². The third kappa shape index (κ3) is 39.5. The van der Waals surface area contributed by atoms with E-state index in [1.165, 1.54) is 57.8 Å². The molecule has 0 rings (SSSR count). The van der Waals surface area contributed by atoms with E-state index in [1.807, 2.05) is 18.2 Å². The number of carbonyl (C=O) groups is 3. The van der Waals surface area contributed by atoms with Gasteiger partial charge in [0.2, 0.25) is 0 Å². The summed E-state index contributed by atoms with van der Waals surface area (Å²) in [5, 5.41) is 8.88. The van der Waals surface area contributed by atoms with Gasteiger partial charge in [-0.15, -0.1) is 0 Å². The standard InChI is InChI=1S/C46H76NO10P/c1-3-5-7-9-11-13-15-17-19-21-23-25-27-29-31-33-35-37-44(48)54-39-42(40-55-58(52,53)56-41-43(47)46(50)51)57-45(49)38-36-34-32-30-28-26-24-22-20-18-16-14-12-10-8-6-4-2/h5,7,11,13,17,19,23-26,29-32,42-43H,3-4,6,8-10,12,14-16,18,20-22,27-28,33-41,47H2,1-2H3,(H,50,51)(H,52,53)/b7-5+,13-11+,19-17+,25-23+,26-24+,31-29+,32-30+/t42-,43+/m1/s1. The van der Waals surface area contributed by atoms with Gasteiger partial charge < -0.3 is 25.2 Å². The molecular weight excluding hydrogens is 757 g/mol. The number of carboxylic acid groups (broad SMARTS) is 1. The van der Waals surface area contributed by atoms with Gasteiger partial charge in [-0.2, -0.15) is 0 Å². The van der Waals surface area contributed by atoms with Crippen LogP contribution in [-0.4, -0.2) is 59.9 Å². The number of aliphatic carboxylic acids is 1. The molecule has 0 aromatic heterocycles. The first-order valence-electron chi connectivity index (χ1n) is 21.6. The van der Waals surface area contributed by atoms with Gasteiger partial charge in [0.1, 0.15) is 12.6 Å². The number of rotatable bonds is 39. The van der Waals surface area contributed by atoms with Gasteiger partial charge >= 0.3 is 25.7 Å². The van der Waals surface area contributed by atoms with Crippen LogP contribution in [0.1, 0.15) is 155 Å². The normalized spacial score (nSPS) is 14.6. The van der Waals surface area contributed by atoms with E-state index in [4.69, 9.17) is 24.8 Å². The molecule has 0 aliphatic heterocycles. The summed E-state index contributed by atoms with van der Waals surface area (Å²) in [6.07, 6.45) is 49.5. The Kier molecular flexibility index (Phi) is 38.1. The smallest absolute Gasteiger partial charge is 0.472 e. The van der Waals surface area contributed by atoms with E-state index in [0.717, 1.165) is 44.9 Å². The van der Waals surface area contributed by atoms with E-state index >= 15 is 0 Å². The van der Waals surface area contributed by atoms with Crippen LogP contribution in [0, 0.1) is 0 Å². The first kappa shape index (κ1) is 54.7. The zero-order chi connectivity index (χ0) is 42.8. The predicted octanol–water partition coefficient (Wildman–Crippen LogP) is 11.5. The second-order valence-corrected chi connectivity index (χ2v) is 15.5. The molecule has 0 aliphatic rings. The molecule has 0 spiro atoms. The van der Waals surface area contributed by atoms with Crippen molar-refractivity contribution in [3.05, 3.63) is 85.1 Å². The van der Waals surface area contributed by atoms with Gasteiger partial charge in [-0.25, -0.2) is 4.57 Å². The molecule has 0 bridgehead atoms. The Morgan fingerprint density at radius 3 is 1.45 bits per heavy atom. The Bertz CT molecular complexity index is 1300. The van der Waals surface area contributed by atoms with Crippen LogP contribution in [-0.2, 0) is 37.5 Å². The maximum atomic E-state index is 12.6. The van der Waals surface area contributed by atoms with Crippen molar-refractivity contribution in [1.29, 1.82) is 0 Å². The summed E-state index contributed by atoms with van der Waals surface area (Å²) in [6.45, 7) is 2.57. The van der Waals surface area contributed by atoms with E-state index in [0.29, 0.717) is 25.7 Å². The molecule has 0 amide bonds. The van der Waals surface area contributed by atoms with Gasteiger partial charge in [0.05, 0.1) is 13.2 Å². The molecular formula is C46H76NO10P. The number of hydrogen-bond donors (Lipinski definition) is 3. The van der Waals surface area contributed by atoms with Crippen molar-refractivity contribution in [3.63, 3.8) is 0 Å². The lowest BCUT2D eigenvalue weighted by molar-refractivity contribution is -0.161. The van der Waals surface area contributed by atoms with Crippen LogP contribution in [0.5, 0.6) is 0 Å². The second kappa shape index (κ2) is 40.4. The number of allylic oxidation sites excluding steroid dienone is 14. The average Bonchev–Trinajstić information content (AvgIpc) is 3.20. The molecule has 11 nitrogen and oxygen atoms in total. The van der Waals surface area contributed by atoms with Crippen LogP contribution >= 0.6 is 7.82 Å². The Hall–Kier alpha value is -3.34. The minimum atomic E-state index is -4.74. The molecule has 0 heterocycles. The highest BCUT2D eigenvalue weighted by molar-refractivity contribution is 7.47. The zero-order valence-corrected chi connectivity index (χ0v) is 36.5. The molecule has 1 unspecified atom stereocenters. The minimum Gasteiger partial charge on any atom is -0.480 e. The number of carboxylic acids is 1. The summed E-state index contributed by atoms with van der Waals surface area (Å²) in [4.78, 5) is 45.9. The summed E-state index contributed by atoms with van der Waals surface area (Å²) in [6, 6.07) is -1.54. The lowest BCUT2D eigenvalue weighted by Gasteiger charge is -2.20. The maximum Gasteiger partial charge on any atom is 0.472 e. The highest BCUT2D eigenvalue weighted by atomic mass is 31.2. The van der Waals surface area contributed by atoms with Crippen LogP contribution < -0.4 is 5.73 Å². The Morgan fingerprint density at radius 1 is 0.552 bits per heavy atom. The zero-order valence-electron chi connectivity index (χ0n) is 35.6. The quantitative estimate of drug-likeness (QED) is 0.0233. The van der Waals surface area contributed by atoms with Gasteiger partial charge in [-0.1, -0.05) is 150 Å². The number of esters is 2. The fraction of sp³-hybridized carbons (Fsp3) is 0.630. The number of hydrogen-bond acceptors (Lipinski definition) is 9. The van der Waals surface area contributed by atoms with Crippen LogP contribution in [0.4, 0.5) is 0 Å². The molecule has 3 atom stereocenters. The molecule has 330 valence electrons. The average molecular weight is 834 g/mol. The summed E-state index contributed by atoms with van der Waals surface area (Å²) in [5.41, 5.74) is 5.32. The summed E-state index contributed by atoms with van der Waals surface area (Å²) in [7, 11) is -4.74. The fourth-order valence-electron chi connectivity index (χ4n) is 5.26. The number of phosphoric acid groups is 1. The van der Waals surface area contributed by atoms with Crippen molar-refractivity contribution in [2.24, 2.45) is 5.73 Å². The van der Waals surface area contributed by atoms with Crippen LogP contribution in [0.3, 0.4) is 0 Å². The number of phosphoric ester groups is 1. The Morgan fingerprint density at radius 2 is 0.966 bits per heavy atom. The molecule has 4 N–H and O–H groups in total. The summed E-state index contributed by atoms with van der Waals surface area (Å²) < 4.78 is 32.6. The number of unbranched alkanes of at least 4 members (excludes halogenated alkanes) is 11. The first-order chi connectivity index (χ1) is 28.1. The predicted molar refractivity (Wildman–Crippen MR) is 235 cm³/mol. The topological polar surface area (TPSA) is 172 Å². The minimum absolute atomic E-state index is 0.0806. The van der Waals surface area contributed by atoms with Gasteiger partial charge in [0.15, 0.2) is 6.10 Å². The Labute approximate surface area is 350 Å². The number of carbonyl (C=O) groups excluding carboxylic acids is 2. The molecule has 0 aromatic rings. The SMILES string of the molecule is CC/C=C/C/C=C/C/C=C/C/C=C/C/C=C/CCCC(=O)OC[C@H](COP(=O)(O)OC[C@H](N)C(=O)O)OC(=O)CCC/C=C/C/C=C/CCCCCCCCCCC. The number of nitrogens with two attached hydrogens (primary N) is 1. The van der Waals surface area contributed by atoms with Gasteiger partial charge in [0, 0.05) is 12.8 Å². The van der Waals surface area contributed by atoms with Crippen molar-refractivity contribution in [2.75, 3.05) is 19.8 Å². The lowest BCUT2D eigenvalue weighted by atomic mass is 10.1. The fourth-order valence-corrected chi connectivity index (χ4v) is 6.03. The first-order valence-corrected chi connectivity index (χ1v) is 23.1. The van der Waals surface area contributed by atoms with Crippen LogP contribution in [0.2, 0.25) is 0 Å². The van der Waals surface area contributed by atoms with E-state index in [9.17, 15) is 23.8 Å². The van der Waals surface area contributed by atoms with E-state index in [2.05, 4.69) is 85.2 Å². The van der Waals surface area contributed by atoms with Crippen molar-refractivity contribution >= 4 is 25.7 Å². The Balaban J connectivity index is 4.54. The van der Waals surface area contributed by atoms with Gasteiger partial charge in [-0.05, 0) is 77.0 Å². The molecule has 0 saturated carbocycles. The van der Waals surface area contributed by atoms with E-state index in [1.54, 1.807) is 0 Å². The van der Waals surface area contributed by atoms with Crippen LogP contribution in [0.15, 0.2) is 85.1 Å². The largest absolute Gasteiger partial charge is 0.480 e. The summed E-state index contributed by atoms with van der Waals surface area (Å²) >= 11 is 0. The second-order valence-electron chi connectivity index (χ2n) is 14.1. The van der Waals surface area contributed by atoms with E-state index < -0.39 is 57.7 Å². The molecule has 58 heavy (non-hydrogen) atoms. The van der Waals surface area contributed by atoms with Crippen molar-refractivity contribution < 1.29 is 47.5 Å². The van der Waals surface area contributed by atoms with Crippen molar-refractivity contribution in [2.45, 2.75) is 167 Å². The third-order valence-corrected chi connectivity index (χ3v) is 9.58. The van der Waals surface area contributed by atoms with E-state index in [-0.39, 0.29) is 12.8 Å². The lowest BCUT2D eigenvalue weighted by Crippen LogP contribution is -2.34. The number of ether oxygens (including phenoxy) is 2. The van der Waals surface area contributed by atoms with Crippen molar-refractivity contribution in [3.8, 4) is 0 Å². The highest BCUT2D eigenvalue weighted by Gasteiger charge is 2.28. The monoisotopic (exact) mass is 834 g/mol. The van der Waals surface area contributed by atoms with Gasteiger partial charge in [0.25, 0.3) is 0 Å². The third-order valence-electron chi connectivity index (χ3n) is 8.63. The molecule has 0 radical (unpaired) electrons. The molecule has 0 aromatic carbocycles. The summed E-state index contributed by atoms with van der Waals surface area (Å²) in [5.74, 6) is -2.52. The maximum absolute atomic E-state index is 12.6. The molecule has 12 heteroatoms. The highest BCUT2D eigenvalue weighted by Crippen LogP contribution is 2.43. The molecule has 0 saturated heterocycles. The van der Waals surface area contributed by atoms with Crippen LogP contribution in [0.25, 0.3) is 0 Å². The molecule has 0 fully saturated rings. The molecule has 0 aliphatic carbocycles. The van der Waals surface area contributed by atoms with Gasteiger partial charge in [-0.3, -0.25) is 23.4 Å².